The SMILES string of the molecule is CC(C)=C/C(C)=C\CNC(=C/CNC1=CC=CC2C1c1ccccc1C2(C)C)/C=C(\C)N(c1ccccc1)c1ccccc1. The molecule has 2 aliphatic carbocycles. The van der Waals surface area contributed by atoms with Crippen LogP contribution in [-0.4, -0.2) is 13.1 Å². The first-order valence-corrected chi connectivity index (χ1v) is 15.8. The quantitative estimate of drug-likeness (QED) is 0.221. The normalized spacial score (nSPS) is 19.0. The van der Waals surface area contributed by atoms with Crippen molar-refractivity contribution in [2.75, 3.05) is 18.0 Å². The second-order valence-corrected chi connectivity index (χ2v) is 12.7. The smallest absolute Gasteiger partial charge is 0.0458 e. The van der Waals surface area contributed by atoms with Crippen LogP contribution < -0.4 is 15.5 Å². The topological polar surface area (TPSA) is 27.3 Å². The number of anilines is 2. The van der Waals surface area contributed by atoms with E-state index in [2.05, 4.69) is 185 Å². The molecule has 0 heterocycles. The largest absolute Gasteiger partial charge is 0.384 e. The van der Waals surface area contributed by atoms with Crippen LogP contribution in [0.5, 0.6) is 0 Å². The van der Waals surface area contributed by atoms with Crippen LogP contribution in [0, 0.1) is 5.92 Å². The van der Waals surface area contributed by atoms with Crippen molar-refractivity contribution >= 4 is 11.4 Å². The lowest BCUT2D eigenvalue weighted by Crippen LogP contribution is -2.30. The number of nitrogens with zero attached hydrogens (tertiary/aromatic N) is 1. The summed E-state index contributed by atoms with van der Waals surface area (Å²) in [5, 5.41) is 7.52. The first-order valence-electron chi connectivity index (χ1n) is 15.8. The summed E-state index contributed by atoms with van der Waals surface area (Å²) in [6.45, 7) is 14.9. The van der Waals surface area contributed by atoms with E-state index in [1.54, 1.807) is 0 Å². The van der Waals surface area contributed by atoms with Gasteiger partial charge < -0.3 is 15.5 Å². The lowest BCUT2D eigenvalue weighted by atomic mass is 9.73. The molecule has 2 unspecified atom stereocenters. The molecule has 5 rings (SSSR count). The predicted octanol–water partition coefficient (Wildman–Crippen LogP) is 9.85. The Morgan fingerprint density at radius 3 is 2.07 bits per heavy atom. The molecule has 0 aromatic heterocycles. The van der Waals surface area contributed by atoms with Crippen molar-refractivity contribution in [2.24, 2.45) is 5.92 Å². The van der Waals surface area contributed by atoms with Gasteiger partial charge in [-0.15, -0.1) is 0 Å². The highest BCUT2D eigenvalue weighted by atomic mass is 15.1. The summed E-state index contributed by atoms with van der Waals surface area (Å²) in [4.78, 5) is 2.31. The average Bonchev–Trinajstić information content (AvgIpc) is 3.25. The highest BCUT2D eigenvalue weighted by Crippen LogP contribution is 2.54. The molecule has 0 aliphatic heterocycles. The summed E-state index contributed by atoms with van der Waals surface area (Å²) in [6.07, 6.45) is 15.9. The molecule has 0 saturated heterocycles. The second kappa shape index (κ2) is 13.9. The van der Waals surface area contributed by atoms with E-state index in [-0.39, 0.29) is 5.41 Å². The molecule has 226 valence electrons. The van der Waals surface area contributed by atoms with Gasteiger partial charge in [0.2, 0.25) is 0 Å². The first-order chi connectivity index (χ1) is 21.3. The van der Waals surface area contributed by atoms with Gasteiger partial charge in [-0.1, -0.05) is 110 Å². The van der Waals surface area contributed by atoms with Crippen molar-refractivity contribution in [1.29, 1.82) is 0 Å². The van der Waals surface area contributed by atoms with Gasteiger partial charge in [0.25, 0.3) is 0 Å². The Labute approximate surface area is 265 Å². The summed E-state index contributed by atoms with van der Waals surface area (Å²) in [6, 6.07) is 30.1. The van der Waals surface area contributed by atoms with Crippen LogP contribution in [0.1, 0.15) is 58.6 Å². The number of fused-ring (bicyclic) bond motifs is 3. The molecule has 2 atom stereocenters. The zero-order chi connectivity index (χ0) is 31.1. The van der Waals surface area contributed by atoms with Gasteiger partial charge in [-0.05, 0) is 92.6 Å². The molecular weight excluding hydrogens is 534 g/mol. The number of nitrogens with one attached hydrogen (secondary N) is 2. The van der Waals surface area contributed by atoms with Crippen molar-refractivity contribution in [3.8, 4) is 0 Å². The molecule has 2 aliphatic rings. The molecule has 0 bridgehead atoms. The van der Waals surface area contributed by atoms with Crippen molar-refractivity contribution in [3.63, 3.8) is 0 Å². The average molecular weight is 582 g/mol. The van der Waals surface area contributed by atoms with Crippen molar-refractivity contribution in [1.82, 2.24) is 10.6 Å². The van der Waals surface area contributed by atoms with E-state index in [0.717, 1.165) is 35.9 Å². The number of hydrogen-bond acceptors (Lipinski definition) is 3. The zero-order valence-electron chi connectivity index (χ0n) is 27.1. The van der Waals surface area contributed by atoms with Crippen LogP contribution in [0.3, 0.4) is 0 Å². The van der Waals surface area contributed by atoms with Gasteiger partial charge >= 0.3 is 0 Å². The molecule has 3 heteroatoms. The lowest BCUT2D eigenvalue weighted by molar-refractivity contribution is 0.380. The fraction of sp³-hybridized carbons (Fsp3) is 0.268. The summed E-state index contributed by atoms with van der Waals surface area (Å²) < 4.78 is 0. The Morgan fingerprint density at radius 1 is 0.773 bits per heavy atom. The molecule has 3 aromatic rings. The predicted molar refractivity (Wildman–Crippen MR) is 189 cm³/mol. The molecule has 3 aromatic carbocycles. The standard InChI is InChI=1S/C41H47N3/c1-30(2)28-31(3)24-26-42-33(29-32(4)44(34-16-9-7-10-17-34)35-18-11-8-12-19-35)25-27-43-39-23-15-22-38-40(39)36-20-13-14-21-37(36)41(38,5)6/h7-25,28-29,38,40,42-43H,26-27H2,1-6H3/b31-24-,32-29+,33-25+. The fourth-order valence-corrected chi connectivity index (χ4v) is 6.71. The van der Waals surface area contributed by atoms with E-state index in [1.807, 2.05) is 0 Å². The van der Waals surface area contributed by atoms with Gasteiger partial charge in [0.1, 0.15) is 0 Å². The molecule has 2 N–H and O–H groups in total. The van der Waals surface area contributed by atoms with E-state index in [4.69, 9.17) is 0 Å². The van der Waals surface area contributed by atoms with E-state index < -0.39 is 0 Å². The highest BCUT2D eigenvalue weighted by molar-refractivity contribution is 5.68. The van der Waals surface area contributed by atoms with Crippen LogP contribution >= 0.6 is 0 Å². The Balaban J connectivity index is 1.42. The summed E-state index contributed by atoms with van der Waals surface area (Å²) in [5.74, 6) is 0.805. The number of hydrogen-bond donors (Lipinski definition) is 2. The van der Waals surface area contributed by atoms with Crippen LogP contribution in [0.15, 0.2) is 156 Å². The van der Waals surface area contributed by atoms with Gasteiger partial charge in [0.05, 0.1) is 0 Å². The third kappa shape index (κ3) is 7.00. The number of para-hydroxylation sites is 2. The van der Waals surface area contributed by atoms with E-state index in [1.165, 1.54) is 28.0 Å². The number of rotatable bonds is 11. The Hall–Kier alpha value is -4.50. The third-order valence-corrected chi connectivity index (χ3v) is 8.73. The number of benzene rings is 3. The van der Waals surface area contributed by atoms with Gasteiger partial charge in [-0.2, -0.15) is 0 Å². The van der Waals surface area contributed by atoms with Crippen molar-refractivity contribution in [2.45, 2.75) is 52.9 Å². The molecule has 0 amide bonds. The maximum absolute atomic E-state index is 3.82. The van der Waals surface area contributed by atoms with Crippen molar-refractivity contribution in [3.05, 3.63) is 167 Å². The first kappa shape index (κ1) is 30.9. The molecule has 0 fully saturated rings. The molecule has 44 heavy (non-hydrogen) atoms. The van der Waals surface area contributed by atoms with E-state index in [0.29, 0.717) is 11.8 Å². The van der Waals surface area contributed by atoms with Gasteiger partial charge in [0, 0.05) is 47.5 Å². The third-order valence-electron chi connectivity index (χ3n) is 8.73. The van der Waals surface area contributed by atoms with Crippen LogP contribution in [0.4, 0.5) is 11.4 Å². The van der Waals surface area contributed by atoms with E-state index in [9.17, 15) is 0 Å². The van der Waals surface area contributed by atoms with Gasteiger partial charge in [0.15, 0.2) is 0 Å². The van der Waals surface area contributed by atoms with Crippen LogP contribution in [0.25, 0.3) is 0 Å². The Bertz CT molecular complexity index is 1570. The lowest BCUT2D eigenvalue weighted by Gasteiger charge is -2.32. The van der Waals surface area contributed by atoms with Crippen LogP contribution in [-0.2, 0) is 5.41 Å². The highest BCUT2D eigenvalue weighted by Gasteiger charge is 2.46. The van der Waals surface area contributed by atoms with Gasteiger partial charge in [-0.25, -0.2) is 0 Å². The summed E-state index contributed by atoms with van der Waals surface area (Å²) >= 11 is 0. The summed E-state index contributed by atoms with van der Waals surface area (Å²) in [5.41, 5.74) is 11.4. The minimum Gasteiger partial charge on any atom is -0.384 e. The number of allylic oxidation sites excluding steroid dienone is 9. The molecular formula is C41H47N3. The van der Waals surface area contributed by atoms with Crippen molar-refractivity contribution < 1.29 is 0 Å². The zero-order valence-corrected chi connectivity index (χ0v) is 27.1. The minimum absolute atomic E-state index is 0.106. The molecule has 0 radical (unpaired) electrons. The molecule has 0 saturated carbocycles. The minimum atomic E-state index is 0.106. The second-order valence-electron chi connectivity index (χ2n) is 12.7. The van der Waals surface area contributed by atoms with Gasteiger partial charge in [-0.3, -0.25) is 0 Å². The maximum atomic E-state index is 3.82. The van der Waals surface area contributed by atoms with Crippen LogP contribution in [0.2, 0.25) is 0 Å². The Morgan fingerprint density at radius 2 is 1.41 bits per heavy atom. The summed E-state index contributed by atoms with van der Waals surface area (Å²) in [7, 11) is 0. The molecule has 3 nitrogen and oxygen atoms in total. The molecule has 0 spiro atoms. The Kier molecular flexibility index (Phi) is 9.75. The van der Waals surface area contributed by atoms with E-state index >= 15 is 0 Å². The fourth-order valence-electron chi connectivity index (χ4n) is 6.71. The maximum Gasteiger partial charge on any atom is 0.0458 e. The monoisotopic (exact) mass is 581 g/mol.